The second-order valence-corrected chi connectivity index (χ2v) is 8.21. The van der Waals surface area contributed by atoms with E-state index in [1.807, 2.05) is 0 Å². The van der Waals surface area contributed by atoms with Gasteiger partial charge >= 0.3 is 18.2 Å². The Morgan fingerprint density at radius 2 is 1.88 bits per heavy atom. The molecule has 2 aromatic carbocycles. The van der Waals surface area contributed by atoms with Crippen molar-refractivity contribution in [3.63, 3.8) is 0 Å². The Kier molecular flexibility index (Phi) is 6.46. The average Bonchev–Trinajstić information content (AvgIpc) is 3.24. The van der Waals surface area contributed by atoms with Crippen LogP contribution in [0.4, 0.5) is 34.1 Å². The molecule has 2 fully saturated rings. The molecule has 2 heterocycles. The number of carbonyl (C=O) groups is 2. The van der Waals surface area contributed by atoms with E-state index in [9.17, 15) is 22.8 Å². The number of nitrogens with one attached hydrogen (secondary N) is 3. The highest BCUT2D eigenvalue weighted by molar-refractivity contribution is 5.95. The van der Waals surface area contributed by atoms with Gasteiger partial charge in [-0.25, -0.2) is 9.59 Å². The lowest BCUT2D eigenvalue weighted by molar-refractivity contribution is -0.137. The second-order valence-electron chi connectivity index (χ2n) is 8.21. The summed E-state index contributed by atoms with van der Waals surface area (Å²) in [7, 11) is 0. The van der Waals surface area contributed by atoms with Crippen LogP contribution >= 0.6 is 0 Å². The molecule has 0 unspecified atom stereocenters. The molecule has 0 spiro atoms. The molecule has 2 aliphatic heterocycles. The molecule has 4 amide bonds. The predicted molar refractivity (Wildman–Crippen MR) is 117 cm³/mol. The third-order valence-corrected chi connectivity index (χ3v) is 6.11. The molecule has 3 N–H and O–H groups in total. The van der Waals surface area contributed by atoms with E-state index in [1.54, 1.807) is 35.2 Å². The molecule has 0 bridgehead atoms. The first kappa shape index (κ1) is 22.9. The average molecular weight is 462 g/mol. The summed E-state index contributed by atoms with van der Waals surface area (Å²) in [6, 6.07) is 11.5. The second kappa shape index (κ2) is 9.30. The van der Waals surface area contributed by atoms with Crippen molar-refractivity contribution in [2.45, 2.75) is 24.4 Å². The van der Waals surface area contributed by atoms with Crippen LogP contribution < -0.4 is 20.9 Å². The van der Waals surface area contributed by atoms with Crippen molar-refractivity contribution in [3.8, 4) is 0 Å². The van der Waals surface area contributed by atoms with Crippen molar-refractivity contribution in [1.29, 1.82) is 0 Å². The van der Waals surface area contributed by atoms with Gasteiger partial charge in [0.2, 0.25) is 0 Å². The van der Waals surface area contributed by atoms with E-state index >= 15 is 0 Å². The highest BCUT2D eigenvalue weighted by atomic mass is 19.4. The Hall–Kier alpha value is -3.27. The van der Waals surface area contributed by atoms with Crippen LogP contribution in [0.3, 0.4) is 0 Å². The van der Waals surface area contributed by atoms with Crippen LogP contribution in [-0.2, 0) is 16.3 Å². The van der Waals surface area contributed by atoms with Crippen LogP contribution in [0.1, 0.15) is 24.0 Å². The van der Waals surface area contributed by atoms with Crippen molar-refractivity contribution >= 4 is 23.4 Å². The molecular formula is C23H25F3N4O3. The molecule has 7 nitrogen and oxygen atoms in total. The highest BCUT2D eigenvalue weighted by Crippen LogP contribution is 2.38. The number of amides is 4. The summed E-state index contributed by atoms with van der Waals surface area (Å²) in [6.07, 6.45) is -3.45. The maximum Gasteiger partial charge on any atom is 0.416 e. The molecule has 2 aromatic rings. The largest absolute Gasteiger partial charge is 0.416 e. The van der Waals surface area contributed by atoms with Crippen LogP contribution in [0.15, 0.2) is 48.5 Å². The first-order valence-electron chi connectivity index (χ1n) is 10.7. The molecule has 0 atom stereocenters. The molecule has 2 saturated heterocycles. The van der Waals surface area contributed by atoms with Gasteiger partial charge in [-0.2, -0.15) is 13.2 Å². The third-order valence-electron chi connectivity index (χ3n) is 6.11. The number of carbonyl (C=O) groups excluding carboxylic acids is 2. The van der Waals surface area contributed by atoms with Gasteiger partial charge in [-0.15, -0.1) is 0 Å². The first-order chi connectivity index (χ1) is 15.8. The Bertz CT molecular complexity index is 1020. The Morgan fingerprint density at radius 3 is 2.58 bits per heavy atom. The predicted octanol–water partition coefficient (Wildman–Crippen LogP) is 4.10. The summed E-state index contributed by atoms with van der Waals surface area (Å²) < 4.78 is 45.2. The van der Waals surface area contributed by atoms with Gasteiger partial charge in [-0.3, -0.25) is 4.90 Å². The van der Waals surface area contributed by atoms with Crippen LogP contribution in [0, 0.1) is 0 Å². The molecular weight excluding hydrogens is 437 g/mol. The van der Waals surface area contributed by atoms with Crippen molar-refractivity contribution < 1.29 is 27.5 Å². The lowest BCUT2D eigenvalue weighted by Crippen LogP contribution is -2.45. The van der Waals surface area contributed by atoms with E-state index in [0.717, 1.165) is 12.1 Å². The number of nitrogens with zero attached hydrogens (tertiary/aromatic N) is 1. The van der Waals surface area contributed by atoms with Gasteiger partial charge in [0.05, 0.1) is 5.56 Å². The third kappa shape index (κ3) is 5.22. The van der Waals surface area contributed by atoms with Gasteiger partial charge in [-0.1, -0.05) is 24.3 Å². The summed E-state index contributed by atoms with van der Waals surface area (Å²) in [4.78, 5) is 26.1. The Morgan fingerprint density at radius 1 is 1.12 bits per heavy atom. The minimum atomic E-state index is -4.44. The standard InChI is InChI=1S/C23H25F3N4O3/c24-23(25,26)17-4-1-3-16(13-17)22(7-11-33-12-8-22)15-28-20(31)29-18-5-2-6-19(14-18)30-10-9-27-21(30)32/h1-6,13-14H,7-12,15H2,(H,27,32)(H2,28,29,31). The van der Waals surface area contributed by atoms with Crippen molar-refractivity contribution in [2.24, 2.45) is 0 Å². The van der Waals surface area contributed by atoms with Gasteiger partial charge in [0.15, 0.2) is 0 Å². The number of halogens is 3. The molecule has 10 heteroatoms. The summed E-state index contributed by atoms with van der Waals surface area (Å²) in [6.45, 7) is 2.06. The lowest BCUT2D eigenvalue weighted by atomic mass is 9.73. The van der Waals surface area contributed by atoms with Gasteiger partial charge < -0.3 is 20.7 Å². The molecule has 176 valence electrons. The number of alkyl halides is 3. The smallest absolute Gasteiger partial charge is 0.381 e. The van der Waals surface area contributed by atoms with Crippen molar-refractivity contribution in [1.82, 2.24) is 10.6 Å². The fourth-order valence-corrected chi connectivity index (χ4v) is 4.25. The quantitative estimate of drug-likeness (QED) is 0.626. The normalized spacial score (nSPS) is 18.0. The fraction of sp³-hybridized carbons (Fsp3) is 0.391. The topological polar surface area (TPSA) is 82.7 Å². The van der Waals surface area contributed by atoms with Crippen LogP contribution in [0.5, 0.6) is 0 Å². The van der Waals surface area contributed by atoms with Gasteiger partial charge in [0.25, 0.3) is 0 Å². The zero-order chi connectivity index (χ0) is 23.5. The van der Waals surface area contributed by atoms with Crippen LogP contribution in [0.25, 0.3) is 0 Å². The zero-order valence-electron chi connectivity index (χ0n) is 17.9. The van der Waals surface area contributed by atoms with Crippen molar-refractivity contribution in [2.75, 3.05) is 43.1 Å². The number of urea groups is 2. The number of anilines is 2. The minimum Gasteiger partial charge on any atom is -0.381 e. The maximum absolute atomic E-state index is 13.3. The van der Waals surface area contributed by atoms with E-state index in [2.05, 4.69) is 16.0 Å². The monoisotopic (exact) mass is 462 g/mol. The summed E-state index contributed by atoms with van der Waals surface area (Å²) >= 11 is 0. The summed E-state index contributed by atoms with van der Waals surface area (Å²) in [5.74, 6) is 0. The Balaban J connectivity index is 1.46. The van der Waals surface area contributed by atoms with Gasteiger partial charge in [0, 0.05) is 49.6 Å². The van der Waals surface area contributed by atoms with Gasteiger partial charge in [0.1, 0.15) is 0 Å². The SMILES string of the molecule is O=C(NCC1(c2cccc(C(F)(F)F)c2)CCOCC1)Nc1cccc(N2CCNC2=O)c1. The lowest BCUT2D eigenvalue weighted by Gasteiger charge is -2.38. The van der Waals surface area contributed by atoms with E-state index in [4.69, 9.17) is 4.74 Å². The van der Waals surface area contributed by atoms with Crippen LogP contribution in [-0.4, -0.2) is 44.9 Å². The zero-order valence-corrected chi connectivity index (χ0v) is 17.9. The van der Waals surface area contributed by atoms with E-state index in [-0.39, 0.29) is 12.6 Å². The molecule has 0 aliphatic carbocycles. The minimum absolute atomic E-state index is 0.164. The van der Waals surface area contributed by atoms with E-state index in [1.165, 1.54) is 6.07 Å². The molecule has 0 aromatic heterocycles. The molecule has 33 heavy (non-hydrogen) atoms. The number of rotatable bonds is 5. The molecule has 4 rings (SSSR count). The van der Waals surface area contributed by atoms with E-state index in [0.29, 0.717) is 56.1 Å². The fourth-order valence-electron chi connectivity index (χ4n) is 4.25. The molecule has 0 saturated carbocycles. The summed E-state index contributed by atoms with van der Waals surface area (Å²) in [5.41, 5.74) is 0.324. The molecule has 0 radical (unpaired) electrons. The van der Waals surface area contributed by atoms with Crippen molar-refractivity contribution in [3.05, 3.63) is 59.7 Å². The summed E-state index contributed by atoms with van der Waals surface area (Å²) in [5, 5.41) is 8.29. The maximum atomic E-state index is 13.3. The van der Waals surface area contributed by atoms with Crippen LogP contribution in [0.2, 0.25) is 0 Å². The number of hydrogen-bond donors (Lipinski definition) is 3. The van der Waals surface area contributed by atoms with E-state index < -0.39 is 23.2 Å². The number of benzene rings is 2. The number of hydrogen-bond acceptors (Lipinski definition) is 3. The van der Waals surface area contributed by atoms with Gasteiger partial charge in [-0.05, 0) is 42.7 Å². The highest BCUT2D eigenvalue weighted by Gasteiger charge is 2.37. The first-order valence-corrected chi connectivity index (χ1v) is 10.7. The Labute approximate surface area is 189 Å². The number of ether oxygens (including phenoxy) is 1. The molecule has 2 aliphatic rings.